The van der Waals surface area contributed by atoms with Crippen molar-refractivity contribution in [2.24, 2.45) is 16.8 Å². The molecule has 0 aromatic heterocycles. The lowest BCUT2D eigenvalue weighted by atomic mass is 9.98. The maximum atomic E-state index is 11.2. The average molecular weight is 228 g/mol. The number of urea groups is 1. The molecule has 16 heavy (non-hydrogen) atoms. The lowest BCUT2D eigenvalue weighted by Gasteiger charge is -2.30. The van der Waals surface area contributed by atoms with Crippen molar-refractivity contribution in [2.75, 3.05) is 19.6 Å². The third-order valence-corrected chi connectivity index (χ3v) is 2.54. The van der Waals surface area contributed by atoms with Gasteiger partial charge >= 0.3 is 6.03 Å². The van der Waals surface area contributed by atoms with E-state index in [0.717, 1.165) is 5.71 Å². The molecule has 0 aliphatic carbocycles. The fourth-order valence-electron chi connectivity index (χ4n) is 1.78. The second-order valence-corrected chi connectivity index (χ2v) is 3.89. The summed E-state index contributed by atoms with van der Waals surface area (Å²) in [7, 11) is 0. The number of nitrogens with one attached hydrogen (secondary N) is 1. The van der Waals surface area contributed by atoms with Crippen molar-refractivity contribution in [1.29, 1.82) is 0 Å². The lowest BCUT2D eigenvalue weighted by molar-refractivity contribution is -0.121. The van der Waals surface area contributed by atoms with E-state index in [9.17, 15) is 9.59 Å². The smallest absolute Gasteiger partial charge is 0.318 e. The van der Waals surface area contributed by atoms with Gasteiger partial charge in [0.15, 0.2) is 0 Å². The van der Waals surface area contributed by atoms with Crippen LogP contribution in [0.25, 0.3) is 0 Å². The van der Waals surface area contributed by atoms with Crippen LogP contribution in [0.3, 0.4) is 0 Å². The maximum absolute atomic E-state index is 11.2. The van der Waals surface area contributed by atoms with E-state index in [2.05, 4.69) is 5.16 Å². The molecule has 1 atom stereocenters. The number of rotatable bonds is 2. The van der Waals surface area contributed by atoms with Gasteiger partial charge in [-0.25, -0.2) is 4.79 Å². The zero-order valence-electron chi connectivity index (χ0n) is 9.14. The Balaban J connectivity index is 2.41. The molecule has 0 bridgehead atoms. The molecular formula is C9H16N4O3. The summed E-state index contributed by atoms with van der Waals surface area (Å²) >= 11 is 0. The zero-order valence-corrected chi connectivity index (χ0v) is 9.14. The van der Waals surface area contributed by atoms with E-state index >= 15 is 0 Å². The third kappa shape index (κ3) is 3.50. The van der Waals surface area contributed by atoms with Gasteiger partial charge in [-0.05, 0) is 0 Å². The summed E-state index contributed by atoms with van der Waals surface area (Å²) in [6.07, 6.45) is 0.627. The van der Waals surface area contributed by atoms with E-state index in [-0.39, 0.29) is 12.5 Å². The maximum Gasteiger partial charge on any atom is 0.318 e. The first-order valence-electron chi connectivity index (χ1n) is 5.05. The normalized spacial score (nSPS) is 24.3. The molecule has 1 aliphatic heterocycles. The van der Waals surface area contributed by atoms with E-state index in [0.29, 0.717) is 19.5 Å². The summed E-state index contributed by atoms with van der Waals surface area (Å²) in [6, 6.07) is -0.840. The number of carbonyl (C=O) groups is 2. The molecule has 90 valence electrons. The zero-order chi connectivity index (χ0) is 12.1. The molecule has 0 aromatic rings. The number of carbonyl (C=O) groups excluding carboxylic acids is 2. The molecule has 1 fully saturated rings. The summed E-state index contributed by atoms with van der Waals surface area (Å²) < 4.78 is 0. The average Bonchev–Trinajstić information content (AvgIpc) is 2.16. The topological polar surface area (TPSA) is 108 Å². The number of nitrogens with zero attached hydrogens (tertiary/aromatic N) is 2. The van der Waals surface area contributed by atoms with Crippen molar-refractivity contribution < 1.29 is 14.8 Å². The van der Waals surface area contributed by atoms with E-state index in [4.69, 9.17) is 10.9 Å². The Morgan fingerprint density at radius 1 is 1.69 bits per heavy atom. The Morgan fingerprint density at radius 2 is 2.38 bits per heavy atom. The number of amides is 3. The SMILES string of the molecule is CC1CN(CC(=O)NC(N)=O)CCC1=NO. The molecule has 1 heterocycles. The minimum atomic E-state index is -0.840. The van der Waals surface area contributed by atoms with Crippen LogP contribution in [-0.4, -0.2) is 47.4 Å². The van der Waals surface area contributed by atoms with Gasteiger partial charge in [0.05, 0.1) is 12.3 Å². The van der Waals surface area contributed by atoms with Crippen molar-refractivity contribution in [1.82, 2.24) is 10.2 Å². The van der Waals surface area contributed by atoms with Gasteiger partial charge in [0.2, 0.25) is 5.91 Å². The number of hydrogen-bond acceptors (Lipinski definition) is 5. The summed E-state index contributed by atoms with van der Waals surface area (Å²) in [6.45, 7) is 3.32. The molecule has 0 radical (unpaired) electrons. The van der Waals surface area contributed by atoms with E-state index in [1.165, 1.54) is 0 Å². The van der Waals surface area contributed by atoms with Crippen LogP contribution >= 0.6 is 0 Å². The Bertz CT molecular complexity index is 316. The van der Waals surface area contributed by atoms with Crippen LogP contribution in [0.1, 0.15) is 13.3 Å². The minimum Gasteiger partial charge on any atom is -0.411 e. The largest absolute Gasteiger partial charge is 0.411 e. The second-order valence-electron chi connectivity index (χ2n) is 3.89. The molecule has 1 unspecified atom stereocenters. The Labute approximate surface area is 93.3 Å². The molecule has 4 N–H and O–H groups in total. The van der Waals surface area contributed by atoms with Crippen molar-refractivity contribution >= 4 is 17.6 Å². The van der Waals surface area contributed by atoms with Crippen molar-refractivity contribution in [2.45, 2.75) is 13.3 Å². The van der Waals surface area contributed by atoms with Gasteiger partial charge < -0.3 is 10.9 Å². The number of oxime groups is 1. The van der Waals surface area contributed by atoms with Gasteiger partial charge in [0, 0.05) is 25.4 Å². The predicted molar refractivity (Wildman–Crippen MR) is 57.2 cm³/mol. The van der Waals surface area contributed by atoms with Crippen LogP contribution in [0.5, 0.6) is 0 Å². The van der Waals surface area contributed by atoms with Gasteiger partial charge in [-0.3, -0.25) is 15.0 Å². The standard InChI is InChI=1S/C9H16N4O3/c1-6-4-13(3-2-7(6)12-16)5-8(14)11-9(10)15/h6,16H,2-5H2,1H3,(H3,10,11,14,15). The van der Waals surface area contributed by atoms with Gasteiger partial charge in [-0.2, -0.15) is 0 Å². The number of likely N-dealkylation sites (tertiary alicyclic amines) is 1. The Morgan fingerprint density at radius 3 is 2.88 bits per heavy atom. The Hall–Kier alpha value is -1.63. The minimum absolute atomic E-state index is 0.111. The van der Waals surface area contributed by atoms with Crippen LogP contribution in [0.2, 0.25) is 0 Å². The number of piperidine rings is 1. The number of imide groups is 1. The first-order valence-corrected chi connectivity index (χ1v) is 5.05. The number of hydrogen-bond donors (Lipinski definition) is 3. The van der Waals surface area contributed by atoms with Crippen LogP contribution in [0.4, 0.5) is 4.79 Å². The molecule has 0 saturated carbocycles. The number of nitrogens with two attached hydrogens (primary N) is 1. The second kappa shape index (κ2) is 5.45. The molecule has 7 heteroatoms. The van der Waals surface area contributed by atoms with E-state index in [1.54, 1.807) is 0 Å². The molecule has 0 spiro atoms. The molecular weight excluding hydrogens is 212 g/mol. The molecule has 1 aliphatic rings. The van der Waals surface area contributed by atoms with Gasteiger partial charge in [-0.15, -0.1) is 0 Å². The fraction of sp³-hybridized carbons (Fsp3) is 0.667. The fourth-order valence-corrected chi connectivity index (χ4v) is 1.78. The lowest BCUT2D eigenvalue weighted by Crippen LogP contribution is -2.47. The van der Waals surface area contributed by atoms with Crippen LogP contribution in [-0.2, 0) is 4.79 Å². The Kier molecular flexibility index (Phi) is 4.24. The van der Waals surface area contributed by atoms with Gasteiger partial charge in [0.1, 0.15) is 0 Å². The first kappa shape index (κ1) is 12.4. The summed E-state index contributed by atoms with van der Waals surface area (Å²) in [5.74, 6) is -0.302. The van der Waals surface area contributed by atoms with Gasteiger partial charge in [-0.1, -0.05) is 12.1 Å². The van der Waals surface area contributed by atoms with Crippen LogP contribution < -0.4 is 11.1 Å². The van der Waals surface area contributed by atoms with Crippen molar-refractivity contribution in [3.05, 3.63) is 0 Å². The quantitative estimate of drug-likeness (QED) is 0.431. The predicted octanol–water partition coefficient (Wildman–Crippen LogP) is -0.647. The molecule has 3 amide bonds. The summed E-state index contributed by atoms with van der Waals surface area (Å²) in [5.41, 5.74) is 5.57. The van der Waals surface area contributed by atoms with Gasteiger partial charge in [0.25, 0.3) is 0 Å². The van der Waals surface area contributed by atoms with Crippen molar-refractivity contribution in [3.63, 3.8) is 0 Å². The van der Waals surface area contributed by atoms with Crippen LogP contribution in [0.15, 0.2) is 5.16 Å². The third-order valence-electron chi connectivity index (χ3n) is 2.54. The van der Waals surface area contributed by atoms with Crippen molar-refractivity contribution in [3.8, 4) is 0 Å². The van der Waals surface area contributed by atoms with E-state index in [1.807, 2.05) is 17.1 Å². The highest BCUT2D eigenvalue weighted by Crippen LogP contribution is 2.12. The highest BCUT2D eigenvalue weighted by Gasteiger charge is 2.23. The summed E-state index contributed by atoms with van der Waals surface area (Å²) in [4.78, 5) is 23.6. The molecule has 1 saturated heterocycles. The summed E-state index contributed by atoms with van der Waals surface area (Å²) in [5, 5.41) is 13.9. The van der Waals surface area contributed by atoms with Crippen LogP contribution in [0, 0.1) is 5.92 Å². The monoisotopic (exact) mass is 228 g/mol. The highest BCUT2D eigenvalue weighted by atomic mass is 16.4. The molecule has 0 aromatic carbocycles. The first-order chi connectivity index (χ1) is 7.52. The molecule has 7 nitrogen and oxygen atoms in total. The number of primary amides is 1. The highest BCUT2D eigenvalue weighted by molar-refractivity contribution is 5.94. The van der Waals surface area contributed by atoms with E-state index < -0.39 is 11.9 Å². The molecule has 1 rings (SSSR count).